The Hall–Kier alpha value is -3.15. The van der Waals surface area contributed by atoms with Gasteiger partial charge in [-0.05, 0) is 38.5 Å². The van der Waals surface area contributed by atoms with Crippen LogP contribution in [-0.4, -0.2) is 16.2 Å². The Morgan fingerprint density at radius 1 is 1.08 bits per heavy atom. The second kappa shape index (κ2) is 6.76. The molecule has 3 rings (SSSR count). The van der Waals surface area contributed by atoms with Crippen LogP contribution in [0.5, 0.6) is 0 Å². The van der Waals surface area contributed by atoms with Gasteiger partial charge >= 0.3 is 6.03 Å². The summed E-state index contributed by atoms with van der Waals surface area (Å²) in [4.78, 5) is 12.3. The summed E-state index contributed by atoms with van der Waals surface area (Å²) in [6, 6.07) is 11.5. The molecule has 0 fully saturated rings. The van der Waals surface area contributed by atoms with Crippen LogP contribution in [0.3, 0.4) is 0 Å². The van der Waals surface area contributed by atoms with Crippen molar-refractivity contribution < 1.29 is 9.18 Å². The van der Waals surface area contributed by atoms with Crippen LogP contribution in [0.4, 0.5) is 20.6 Å². The molecule has 0 radical (unpaired) electrons. The number of para-hydroxylation sites is 1. The number of aromatic amines is 1. The topological polar surface area (TPSA) is 69.8 Å². The number of benzene rings is 2. The summed E-state index contributed by atoms with van der Waals surface area (Å²) >= 11 is 0. The normalized spacial score (nSPS) is 10.6. The SMILES string of the molecule is Cc1ccc(-c2n[nH]c(C)c2NC(=O)Nc2ccccc2F)c(C)c1. The van der Waals surface area contributed by atoms with E-state index in [9.17, 15) is 9.18 Å². The van der Waals surface area contributed by atoms with E-state index in [0.29, 0.717) is 11.4 Å². The third kappa shape index (κ3) is 3.52. The summed E-state index contributed by atoms with van der Waals surface area (Å²) in [5.74, 6) is -0.490. The number of rotatable bonds is 3. The maximum atomic E-state index is 13.7. The van der Waals surface area contributed by atoms with Gasteiger partial charge < -0.3 is 10.6 Å². The number of hydrogen-bond donors (Lipinski definition) is 3. The lowest BCUT2D eigenvalue weighted by Gasteiger charge is -2.11. The van der Waals surface area contributed by atoms with Gasteiger partial charge in [-0.15, -0.1) is 0 Å². The molecule has 3 aromatic rings. The van der Waals surface area contributed by atoms with Crippen LogP contribution >= 0.6 is 0 Å². The third-order valence-electron chi connectivity index (χ3n) is 3.94. The monoisotopic (exact) mass is 338 g/mol. The van der Waals surface area contributed by atoms with Gasteiger partial charge in [-0.25, -0.2) is 9.18 Å². The highest BCUT2D eigenvalue weighted by molar-refractivity contribution is 6.02. The molecule has 2 aromatic carbocycles. The first-order chi connectivity index (χ1) is 12.0. The van der Waals surface area contributed by atoms with Gasteiger partial charge in [0.2, 0.25) is 0 Å². The van der Waals surface area contributed by atoms with Crippen LogP contribution < -0.4 is 10.6 Å². The van der Waals surface area contributed by atoms with Crippen molar-refractivity contribution in [2.24, 2.45) is 0 Å². The first-order valence-electron chi connectivity index (χ1n) is 7.91. The van der Waals surface area contributed by atoms with Crippen LogP contribution in [0, 0.1) is 26.6 Å². The van der Waals surface area contributed by atoms with E-state index in [4.69, 9.17) is 0 Å². The number of amides is 2. The number of nitrogens with zero attached hydrogens (tertiary/aromatic N) is 1. The quantitative estimate of drug-likeness (QED) is 0.643. The smallest absolute Gasteiger partial charge is 0.305 e. The molecule has 25 heavy (non-hydrogen) atoms. The summed E-state index contributed by atoms with van der Waals surface area (Å²) in [6.45, 7) is 5.84. The van der Waals surface area contributed by atoms with Crippen LogP contribution in [0.25, 0.3) is 11.3 Å². The number of carbonyl (C=O) groups is 1. The lowest BCUT2D eigenvalue weighted by molar-refractivity contribution is 0.262. The van der Waals surface area contributed by atoms with Gasteiger partial charge in [-0.3, -0.25) is 5.10 Å². The van der Waals surface area contributed by atoms with Crippen LogP contribution in [0.1, 0.15) is 16.8 Å². The van der Waals surface area contributed by atoms with Gasteiger partial charge in [-0.2, -0.15) is 5.10 Å². The molecular formula is C19H19FN4O. The number of anilines is 2. The number of hydrogen-bond acceptors (Lipinski definition) is 2. The molecule has 0 atom stereocenters. The highest BCUT2D eigenvalue weighted by Crippen LogP contribution is 2.31. The molecule has 1 aromatic heterocycles. The van der Waals surface area contributed by atoms with E-state index in [0.717, 1.165) is 22.4 Å². The zero-order chi connectivity index (χ0) is 18.0. The summed E-state index contributed by atoms with van der Waals surface area (Å²) in [5, 5.41) is 12.5. The molecule has 0 bridgehead atoms. The highest BCUT2D eigenvalue weighted by Gasteiger charge is 2.17. The fraction of sp³-hybridized carbons (Fsp3) is 0.158. The van der Waals surface area contributed by atoms with E-state index < -0.39 is 11.8 Å². The van der Waals surface area contributed by atoms with E-state index in [1.54, 1.807) is 12.1 Å². The van der Waals surface area contributed by atoms with Crippen LogP contribution in [-0.2, 0) is 0 Å². The van der Waals surface area contributed by atoms with Gasteiger partial charge in [0.15, 0.2) is 0 Å². The predicted molar refractivity (Wildman–Crippen MR) is 97.3 cm³/mol. The van der Waals surface area contributed by atoms with Gasteiger partial charge in [0, 0.05) is 5.56 Å². The molecule has 0 spiro atoms. The zero-order valence-electron chi connectivity index (χ0n) is 14.3. The number of carbonyl (C=O) groups excluding carboxylic acids is 1. The van der Waals surface area contributed by atoms with Gasteiger partial charge in [0.25, 0.3) is 0 Å². The van der Waals surface area contributed by atoms with Gasteiger partial charge in [0.1, 0.15) is 11.5 Å². The molecule has 0 saturated heterocycles. The number of halogens is 1. The number of H-pyrrole nitrogens is 1. The zero-order valence-corrected chi connectivity index (χ0v) is 14.3. The summed E-state index contributed by atoms with van der Waals surface area (Å²) in [6.07, 6.45) is 0. The fourth-order valence-electron chi connectivity index (χ4n) is 2.69. The molecule has 3 N–H and O–H groups in total. The first kappa shape index (κ1) is 16.7. The number of nitrogens with one attached hydrogen (secondary N) is 3. The Morgan fingerprint density at radius 2 is 1.84 bits per heavy atom. The number of aryl methyl sites for hydroxylation is 3. The van der Waals surface area contributed by atoms with Crippen molar-refractivity contribution in [1.29, 1.82) is 0 Å². The van der Waals surface area contributed by atoms with E-state index in [1.165, 1.54) is 12.1 Å². The Balaban J connectivity index is 1.87. The average molecular weight is 338 g/mol. The first-order valence-corrected chi connectivity index (χ1v) is 7.91. The summed E-state index contributed by atoms with van der Waals surface area (Å²) in [7, 11) is 0. The molecule has 1 heterocycles. The maximum absolute atomic E-state index is 13.7. The lowest BCUT2D eigenvalue weighted by Crippen LogP contribution is -2.20. The Labute approximate surface area is 145 Å². The minimum atomic E-state index is -0.527. The van der Waals surface area contributed by atoms with Crippen LogP contribution in [0.2, 0.25) is 0 Å². The molecule has 0 aliphatic rings. The lowest BCUT2D eigenvalue weighted by atomic mass is 10.0. The Morgan fingerprint density at radius 3 is 2.56 bits per heavy atom. The maximum Gasteiger partial charge on any atom is 0.323 e. The van der Waals surface area contributed by atoms with Gasteiger partial charge in [0.05, 0.1) is 17.1 Å². The van der Waals surface area contributed by atoms with E-state index in [-0.39, 0.29) is 5.69 Å². The second-order valence-corrected chi connectivity index (χ2v) is 5.95. The molecule has 0 aliphatic carbocycles. The van der Waals surface area contributed by atoms with E-state index in [1.807, 2.05) is 32.9 Å². The number of urea groups is 1. The van der Waals surface area contributed by atoms with E-state index >= 15 is 0 Å². The molecule has 2 amide bonds. The highest BCUT2D eigenvalue weighted by atomic mass is 19.1. The van der Waals surface area contributed by atoms with Crippen molar-refractivity contribution in [3.8, 4) is 11.3 Å². The molecule has 0 saturated carbocycles. The molecule has 6 heteroatoms. The Bertz CT molecular complexity index is 933. The van der Waals surface area contributed by atoms with E-state index in [2.05, 4.69) is 26.9 Å². The average Bonchev–Trinajstić information content (AvgIpc) is 2.91. The molecule has 5 nitrogen and oxygen atoms in total. The van der Waals surface area contributed by atoms with Crippen molar-refractivity contribution in [1.82, 2.24) is 10.2 Å². The van der Waals surface area contributed by atoms with Crippen molar-refractivity contribution in [3.05, 3.63) is 65.1 Å². The molecule has 128 valence electrons. The predicted octanol–water partition coefficient (Wildman–Crippen LogP) is 4.79. The summed E-state index contributed by atoms with van der Waals surface area (Å²) in [5.41, 5.74) is 5.20. The third-order valence-corrected chi connectivity index (χ3v) is 3.94. The molecule has 0 unspecified atom stereocenters. The number of aromatic nitrogens is 2. The van der Waals surface area contributed by atoms with Crippen LogP contribution in [0.15, 0.2) is 42.5 Å². The minimum absolute atomic E-state index is 0.120. The van der Waals surface area contributed by atoms with Crippen molar-refractivity contribution >= 4 is 17.4 Å². The summed E-state index contributed by atoms with van der Waals surface area (Å²) < 4.78 is 13.7. The largest absolute Gasteiger partial charge is 0.323 e. The van der Waals surface area contributed by atoms with Gasteiger partial charge in [-0.1, -0.05) is 35.9 Å². The molecular weight excluding hydrogens is 319 g/mol. The van der Waals surface area contributed by atoms with Crippen molar-refractivity contribution in [2.75, 3.05) is 10.6 Å². The Kier molecular flexibility index (Phi) is 4.52. The fourth-order valence-corrected chi connectivity index (χ4v) is 2.69. The van der Waals surface area contributed by atoms with Crippen molar-refractivity contribution in [2.45, 2.75) is 20.8 Å². The molecule has 0 aliphatic heterocycles. The van der Waals surface area contributed by atoms with Crippen molar-refractivity contribution in [3.63, 3.8) is 0 Å². The standard InChI is InChI=1S/C19H19FN4O/c1-11-8-9-14(12(2)10-11)18-17(13(3)23-24-18)22-19(25)21-16-7-5-4-6-15(16)20/h4-10H,1-3H3,(H,23,24)(H2,21,22,25). The minimum Gasteiger partial charge on any atom is -0.305 e. The second-order valence-electron chi connectivity index (χ2n) is 5.95.